The van der Waals surface area contributed by atoms with Gasteiger partial charge in [0.05, 0.1) is 5.69 Å². The first-order valence-electron chi connectivity index (χ1n) is 9.01. The molecule has 0 aromatic carbocycles. The molecule has 0 N–H and O–H groups in total. The van der Waals surface area contributed by atoms with Gasteiger partial charge >= 0.3 is 0 Å². The van der Waals surface area contributed by atoms with E-state index in [1.165, 1.54) is 22.4 Å². The number of aromatic nitrogens is 1. The molecule has 136 valence electrons. The minimum Gasteiger partial charge on any atom is -0.310 e. The van der Waals surface area contributed by atoms with Crippen LogP contribution in [0.15, 0.2) is 90.1 Å². The summed E-state index contributed by atoms with van der Waals surface area (Å²) in [6.45, 7) is 21.1. The molecular weight excluding hydrogens is 316 g/mol. The SMILES string of the molecule is C=CC=C1C(=C(C)C)N(C(=CC=CC)C(=C)C)c2ccncc2C1(C)C. The maximum Gasteiger partial charge on any atom is 0.0533 e. The Morgan fingerprint density at radius 1 is 1.23 bits per heavy atom. The van der Waals surface area contributed by atoms with E-state index in [4.69, 9.17) is 0 Å². The summed E-state index contributed by atoms with van der Waals surface area (Å²) in [5.74, 6) is 0. The van der Waals surface area contributed by atoms with Crippen LogP contribution >= 0.6 is 0 Å². The molecule has 0 bridgehead atoms. The molecule has 1 aromatic heterocycles. The molecule has 1 aliphatic rings. The Kier molecular flexibility index (Phi) is 5.86. The predicted molar refractivity (Wildman–Crippen MR) is 114 cm³/mol. The highest BCUT2D eigenvalue weighted by Crippen LogP contribution is 2.50. The van der Waals surface area contributed by atoms with Crippen LogP contribution in [0.5, 0.6) is 0 Å². The summed E-state index contributed by atoms with van der Waals surface area (Å²) in [5, 5.41) is 0. The Bertz CT molecular complexity index is 841. The third-order valence-electron chi connectivity index (χ3n) is 4.75. The lowest BCUT2D eigenvalue weighted by Gasteiger charge is -2.45. The van der Waals surface area contributed by atoms with Gasteiger partial charge < -0.3 is 4.90 Å². The highest BCUT2D eigenvalue weighted by Gasteiger charge is 2.40. The number of rotatable bonds is 4. The van der Waals surface area contributed by atoms with Gasteiger partial charge in [-0.2, -0.15) is 0 Å². The zero-order chi connectivity index (χ0) is 19.5. The molecule has 2 heteroatoms. The van der Waals surface area contributed by atoms with Crippen molar-refractivity contribution in [3.8, 4) is 0 Å². The van der Waals surface area contributed by atoms with Gasteiger partial charge in [-0.15, -0.1) is 0 Å². The van der Waals surface area contributed by atoms with E-state index in [2.05, 4.69) is 82.0 Å². The molecule has 0 saturated heterocycles. The average molecular weight is 347 g/mol. The fourth-order valence-electron chi connectivity index (χ4n) is 3.49. The highest BCUT2D eigenvalue weighted by molar-refractivity contribution is 5.77. The van der Waals surface area contributed by atoms with Crippen molar-refractivity contribution in [2.75, 3.05) is 4.90 Å². The topological polar surface area (TPSA) is 16.1 Å². The van der Waals surface area contributed by atoms with Gasteiger partial charge in [0, 0.05) is 34.8 Å². The van der Waals surface area contributed by atoms with Crippen molar-refractivity contribution < 1.29 is 0 Å². The molecule has 0 fully saturated rings. The fraction of sp³-hybridized carbons (Fsp3) is 0.292. The summed E-state index contributed by atoms with van der Waals surface area (Å²) >= 11 is 0. The van der Waals surface area contributed by atoms with E-state index < -0.39 is 0 Å². The zero-order valence-corrected chi connectivity index (χ0v) is 16.9. The maximum absolute atomic E-state index is 4.41. The molecule has 0 amide bonds. The van der Waals surface area contributed by atoms with E-state index in [1.54, 1.807) is 0 Å². The van der Waals surface area contributed by atoms with Gasteiger partial charge in [-0.25, -0.2) is 0 Å². The third-order valence-corrected chi connectivity index (χ3v) is 4.75. The van der Waals surface area contributed by atoms with Crippen LogP contribution in [0.3, 0.4) is 0 Å². The van der Waals surface area contributed by atoms with Crippen molar-refractivity contribution in [1.29, 1.82) is 0 Å². The van der Waals surface area contributed by atoms with Gasteiger partial charge in [-0.05, 0) is 51.0 Å². The van der Waals surface area contributed by atoms with Gasteiger partial charge in [0.25, 0.3) is 0 Å². The van der Waals surface area contributed by atoms with Crippen molar-refractivity contribution in [3.63, 3.8) is 0 Å². The summed E-state index contributed by atoms with van der Waals surface area (Å²) in [6, 6.07) is 2.09. The lowest BCUT2D eigenvalue weighted by molar-refractivity contribution is 0.604. The van der Waals surface area contributed by atoms with E-state index in [9.17, 15) is 0 Å². The van der Waals surface area contributed by atoms with Gasteiger partial charge in [0.15, 0.2) is 0 Å². The number of hydrogen-bond acceptors (Lipinski definition) is 2. The molecule has 2 heterocycles. The van der Waals surface area contributed by atoms with Gasteiger partial charge in [0.2, 0.25) is 0 Å². The van der Waals surface area contributed by atoms with Crippen molar-refractivity contribution in [3.05, 3.63) is 95.7 Å². The molecule has 26 heavy (non-hydrogen) atoms. The molecule has 2 nitrogen and oxygen atoms in total. The summed E-state index contributed by atoms with van der Waals surface area (Å²) in [5.41, 5.74) is 7.97. The number of pyridine rings is 1. The summed E-state index contributed by atoms with van der Waals surface area (Å²) in [7, 11) is 0. The summed E-state index contributed by atoms with van der Waals surface area (Å²) < 4.78 is 0. The second-order valence-corrected chi connectivity index (χ2v) is 7.38. The molecular formula is C24H30N2. The monoisotopic (exact) mass is 346 g/mol. The van der Waals surface area contributed by atoms with Crippen molar-refractivity contribution in [1.82, 2.24) is 4.98 Å². The smallest absolute Gasteiger partial charge is 0.0533 e. The quantitative estimate of drug-likeness (QED) is 0.569. The predicted octanol–water partition coefficient (Wildman–Crippen LogP) is 6.62. The van der Waals surface area contributed by atoms with Crippen LogP contribution in [-0.4, -0.2) is 4.98 Å². The van der Waals surface area contributed by atoms with E-state index in [0.29, 0.717) is 0 Å². The third kappa shape index (κ3) is 3.37. The minimum absolute atomic E-state index is 0.165. The number of fused-ring (bicyclic) bond motifs is 1. The summed E-state index contributed by atoms with van der Waals surface area (Å²) in [4.78, 5) is 6.72. The first-order valence-corrected chi connectivity index (χ1v) is 9.01. The fourth-order valence-corrected chi connectivity index (χ4v) is 3.49. The van der Waals surface area contributed by atoms with E-state index in [-0.39, 0.29) is 5.41 Å². The van der Waals surface area contributed by atoms with Crippen LogP contribution in [0.4, 0.5) is 5.69 Å². The molecule has 0 unspecified atom stereocenters. The molecule has 1 aromatic rings. The maximum atomic E-state index is 4.41. The average Bonchev–Trinajstić information content (AvgIpc) is 2.58. The molecule has 0 radical (unpaired) electrons. The van der Waals surface area contributed by atoms with E-state index in [0.717, 1.165) is 17.0 Å². The lowest BCUT2D eigenvalue weighted by Crippen LogP contribution is -2.38. The van der Waals surface area contributed by atoms with E-state index >= 15 is 0 Å². The number of anilines is 1. The van der Waals surface area contributed by atoms with Crippen LogP contribution in [0.1, 0.15) is 47.1 Å². The van der Waals surface area contributed by atoms with Crippen molar-refractivity contribution in [2.24, 2.45) is 0 Å². The second-order valence-electron chi connectivity index (χ2n) is 7.38. The Hall–Kier alpha value is -2.61. The lowest BCUT2D eigenvalue weighted by atomic mass is 9.71. The van der Waals surface area contributed by atoms with Crippen LogP contribution in [0, 0.1) is 0 Å². The molecule has 0 aliphatic carbocycles. The summed E-state index contributed by atoms with van der Waals surface area (Å²) in [6.07, 6.45) is 14.0. The van der Waals surface area contributed by atoms with Gasteiger partial charge in [0.1, 0.15) is 0 Å². The first kappa shape index (κ1) is 19.7. The molecule has 0 saturated carbocycles. The molecule has 0 spiro atoms. The van der Waals surface area contributed by atoms with E-state index in [1.807, 2.05) is 31.5 Å². The van der Waals surface area contributed by atoms with Crippen LogP contribution in [-0.2, 0) is 5.41 Å². The van der Waals surface area contributed by atoms with Crippen LogP contribution in [0.2, 0.25) is 0 Å². The normalized spacial score (nSPS) is 18.2. The molecule has 2 rings (SSSR count). The minimum atomic E-state index is -0.165. The Labute approximate surface area is 158 Å². The highest BCUT2D eigenvalue weighted by atomic mass is 15.2. The van der Waals surface area contributed by atoms with Gasteiger partial charge in [-0.1, -0.05) is 56.9 Å². The Morgan fingerprint density at radius 2 is 1.92 bits per heavy atom. The zero-order valence-electron chi connectivity index (χ0n) is 16.9. The molecule has 0 atom stereocenters. The number of allylic oxidation sites excluding steroid dienone is 8. The largest absolute Gasteiger partial charge is 0.310 e. The van der Waals surface area contributed by atoms with Crippen LogP contribution < -0.4 is 4.90 Å². The second kappa shape index (κ2) is 7.74. The number of hydrogen-bond donors (Lipinski definition) is 0. The van der Waals surface area contributed by atoms with Crippen molar-refractivity contribution in [2.45, 2.75) is 47.0 Å². The van der Waals surface area contributed by atoms with Gasteiger partial charge in [-0.3, -0.25) is 4.98 Å². The number of nitrogens with zero attached hydrogens (tertiary/aromatic N) is 2. The standard InChI is InChI=1S/C24H30N2/c1-9-11-13-21(17(3)4)26-22-14-15-25-16-20(22)24(7,8)19(12-10-2)23(26)18(5)6/h9-16H,2-3H2,1,4-8H3. The van der Waals surface area contributed by atoms with Crippen LogP contribution in [0.25, 0.3) is 0 Å². The first-order chi connectivity index (χ1) is 12.3. The Balaban J connectivity index is 2.96. The molecule has 1 aliphatic heterocycles. The van der Waals surface area contributed by atoms with Crippen molar-refractivity contribution >= 4 is 5.69 Å². The Morgan fingerprint density at radius 3 is 2.46 bits per heavy atom.